The fourth-order valence-electron chi connectivity index (χ4n) is 3.53. The molecule has 2 amide bonds. The van der Waals surface area contributed by atoms with E-state index in [1.807, 2.05) is 0 Å². The largest absolute Gasteiger partial charge is 0.368 e. The van der Waals surface area contributed by atoms with E-state index in [2.05, 4.69) is 9.71 Å². The van der Waals surface area contributed by atoms with E-state index in [-0.39, 0.29) is 28.3 Å². The van der Waals surface area contributed by atoms with Crippen LogP contribution in [-0.4, -0.2) is 42.7 Å². The number of nitrogens with two attached hydrogens (primary N) is 1. The second kappa shape index (κ2) is 8.91. The van der Waals surface area contributed by atoms with E-state index in [4.69, 9.17) is 17.3 Å². The predicted molar refractivity (Wildman–Crippen MR) is 116 cm³/mol. The summed E-state index contributed by atoms with van der Waals surface area (Å²) in [6, 6.07) is 3.02. The van der Waals surface area contributed by atoms with Crippen molar-refractivity contribution >= 4 is 50.6 Å². The monoisotopic (exact) mass is 470 g/mol. The molecular formula is C19H23ClN4O4S2. The molecule has 1 aliphatic rings. The van der Waals surface area contributed by atoms with Gasteiger partial charge in [0.2, 0.25) is 5.91 Å². The third-order valence-corrected chi connectivity index (χ3v) is 7.76. The fraction of sp³-hybridized carbons (Fsp3) is 0.421. The van der Waals surface area contributed by atoms with Crippen molar-refractivity contribution in [2.45, 2.75) is 50.5 Å². The second-order valence-electron chi connectivity index (χ2n) is 7.35. The van der Waals surface area contributed by atoms with Crippen LogP contribution in [0.2, 0.25) is 5.02 Å². The highest BCUT2D eigenvalue weighted by Gasteiger charge is 2.30. The molecule has 0 atom stereocenters. The van der Waals surface area contributed by atoms with Crippen molar-refractivity contribution in [3.63, 3.8) is 0 Å². The van der Waals surface area contributed by atoms with Crippen LogP contribution in [-0.2, 0) is 14.8 Å². The highest BCUT2D eigenvalue weighted by Crippen LogP contribution is 2.28. The van der Waals surface area contributed by atoms with Crippen LogP contribution < -0.4 is 10.5 Å². The molecule has 0 bridgehead atoms. The van der Waals surface area contributed by atoms with E-state index >= 15 is 0 Å². The van der Waals surface area contributed by atoms with Crippen LogP contribution in [0, 0.1) is 13.8 Å². The minimum absolute atomic E-state index is 0.0424. The third-order valence-electron chi connectivity index (χ3n) is 5.02. The summed E-state index contributed by atoms with van der Waals surface area (Å²) in [4.78, 5) is 30.1. The van der Waals surface area contributed by atoms with Gasteiger partial charge in [-0.25, -0.2) is 13.4 Å². The molecule has 0 radical (unpaired) electrons. The van der Waals surface area contributed by atoms with Crippen molar-refractivity contribution in [1.29, 1.82) is 0 Å². The number of carbonyl (C=O) groups excluding carboxylic acids is 2. The zero-order valence-electron chi connectivity index (χ0n) is 16.6. The number of carbonyl (C=O) groups is 2. The number of anilines is 1. The van der Waals surface area contributed by atoms with Gasteiger partial charge in [0.1, 0.15) is 0 Å². The molecule has 3 rings (SSSR count). The first-order valence-electron chi connectivity index (χ1n) is 9.43. The quantitative estimate of drug-likeness (QED) is 0.643. The number of hydrogen-bond donors (Lipinski definition) is 2. The molecule has 1 aromatic carbocycles. The average Bonchev–Trinajstić information content (AvgIpc) is 3.33. The summed E-state index contributed by atoms with van der Waals surface area (Å²) in [6.45, 7) is 3.18. The Morgan fingerprint density at radius 1 is 1.27 bits per heavy atom. The van der Waals surface area contributed by atoms with Gasteiger partial charge in [-0.2, -0.15) is 0 Å². The molecule has 1 heterocycles. The standard InChI is InChI=1S/C19H23ClN4O4S2/c1-11-8-15(12(2)7-14(11)20)30(27,28)23-17-10-29-18(22-17)19(26)24(9-16(21)25)13-5-3-4-6-13/h7-8,10,13,23H,3-6,9H2,1-2H3,(H2,21,25). The Morgan fingerprint density at radius 3 is 2.57 bits per heavy atom. The topological polar surface area (TPSA) is 122 Å². The summed E-state index contributed by atoms with van der Waals surface area (Å²) in [5.41, 5.74) is 6.45. The van der Waals surface area contributed by atoms with Crippen molar-refractivity contribution < 1.29 is 18.0 Å². The van der Waals surface area contributed by atoms with Gasteiger partial charge >= 0.3 is 0 Å². The number of hydrogen-bond acceptors (Lipinski definition) is 6. The first kappa shape index (κ1) is 22.5. The van der Waals surface area contributed by atoms with E-state index in [1.165, 1.54) is 16.3 Å². The Labute approximate surface area is 184 Å². The van der Waals surface area contributed by atoms with Crippen LogP contribution in [0.15, 0.2) is 22.4 Å². The molecule has 2 aromatic rings. The van der Waals surface area contributed by atoms with Gasteiger partial charge in [-0.1, -0.05) is 24.4 Å². The van der Waals surface area contributed by atoms with Crippen LogP contribution in [0.3, 0.4) is 0 Å². The van der Waals surface area contributed by atoms with E-state index in [9.17, 15) is 18.0 Å². The van der Waals surface area contributed by atoms with Gasteiger partial charge in [0.15, 0.2) is 10.8 Å². The number of nitrogens with one attached hydrogen (secondary N) is 1. The SMILES string of the molecule is Cc1cc(S(=O)(=O)Nc2csc(C(=O)N(CC(N)=O)C3CCCC3)n2)c(C)cc1Cl. The Kier molecular flexibility index (Phi) is 6.68. The zero-order chi connectivity index (χ0) is 22.1. The summed E-state index contributed by atoms with van der Waals surface area (Å²) in [5, 5.41) is 2.04. The van der Waals surface area contributed by atoms with Crippen LogP contribution >= 0.6 is 22.9 Å². The predicted octanol–water partition coefficient (Wildman–Crippen LogP) is 3.08. The lowest BCUT2D eigenvalue weighted by atomic mass is 10.2. The summed E-state index contributed by atoms with van der Waals surface area (Å²) < 4.78 is 28.0. The average molecular weight is 471 g/mol. The number of benzene rings is 1. The fourth-order valence-corrected chi connectivity index (χ4v) is 5.83. The first-order chi connectivity index (χ1) is 14.1. The van der Waals surface area contributed by atoms with Gasteiger partial charge < -0.3 is 10.6 Å². The third kappa shape index (κ3) is 4.93. The lowest BCUT2D eigenvalue weighted by Gasteiger charge is -2.26. The van der Waals surface area contributed by atoms with Gasteiger partial charge in [0.05, 0.1) is 11.4 Å². The number of nitrogens with zero attached hydrogens (tertiary/aromatic N) is 2. The van der Waals surface area contributed by atoms with Crippen LogP contribution in [0.5, 0.6) is 0 Å². The summed E-state index contributed by atoms with van der Waals surface area (Å²) >= 11 is 7.07. The molecule has 162 valence electrons. The molecule has 0 unspecified atom stereocenters. The van der Waals surface area contributed by atoms with E-state index < -0.39 is 21.8 Å². The van der Waals surface area contributed by atoms with E-state index in [0.717, 1.165) is 37.0 Å². The maximum atomic E-state index is 12.9. The second-order valence-corrected chi connectivity index (χ2v) is 10.3. The normalized spacial score (nSPS) is 14.6. The molecule has 1 aromatic heterocycles. The summed E-state index contributed by atoms with van der Waals surface area (Å²) in [5.74, 6) is -0.975. The number of halogens is 1. The summed E-state index contributed by atoms with van der Waals surface area (Å²) in [6.07, 6.45) is 3.57. The van der Waals surface area contributed by atoms with Crippen molar-refractivity contribution in [3.8, 4) is 0 Å². The Morgan fingerprint density at radius 2 is 1.93 bits per heavy atom. The van der Waals surface area contributed by atoms with Crippen LogP contribution in [0.25, 0.3) is 0 Å². The Balaban J connectivity index is 1.82. The van der Waals surface area contributed by atoms with Crippen LogP contribution in [0.1, 0.15) is 46.6 Å². The summed E-state index contributed by atoms with van der Waals surface area (Å²) in [7, 11) is -3.91. The molecule has 8 nitrogen and oxygen atoms in total. The molecule has 30 heavy (non-hydrogen) atoms. The number of rotatable bonds is 7. The van der Waals surface area contributed by atoms with Gasteiger partial charge in [0.25, 0.3) is 15.9 Å². The number of primary amides is 1. The molecule has 0 aliphatic heterocycles. The number of thiazole rings is 1. The minimum Gasteiger partial charge on any atom is -0.368 e. The number of aromatic nitrogens is 1. The molecular weight excluding hydrogens is 448 g/mol. The molecule has 0 spiro atoms. The van der Waals surface area contributed by atoms with E-state index in [0.29, 0.717) is 16.1 Å². The first-order valence-corrected chi connectivity index (χ1v) is 12.2. The van der Waals surface area contributed by atoms with Crippen molar-refractivity contribution in [3.05, 3.63) is 38.7 Å². The van der Waals surface area contributed by atoms with Crippen LogP contribution in [0.4, 0.5) is 5.82 Å². The highest BCUT2D eigenvalue weighted by molar-refractivity contribution is 7.92. The molecule has 1 saturated carbocycles. The van der Waals surface area contributed by atoms with Crippen molar-refractivity contribution in [2.24, 2.45) is 5.73 Å². The number of aryl methyl sites for hydroxylation is 2. The molecule has 0 saturated heterocycles. The maximum absolute atomic E-state index is 12.9. The lowest BCUT2D eigenvalue weighted by Crippen LogP contribution is -2.44. The van der Waals surface area contributed by atoms with E-state index in [1.54, 1.807) is 19.9 Å². The lowest BCUT2D eigenvalue weighted by molar-refractivity contribution is -0.119. The number of amides is 2. The zero-order valence-corrected chi connectivity index (χ0v) is 19.0. The smallest absolute Gasteiger partial charge is 0.283 e. The van der Waals surface area contributed by atoms with Gasteiger partial charge in [-0.05, 0) is 49.9 Å². The Hall–Kier alpha value is -2.17. The maximum Gasteiger partial charge on any atom is 0.283 e. The van der Waals surface area contributed by atoms with Crippen molar-refractivity contribution in [2.75, 3.05) is 11.3 Å². The van der Waals surface area contributed by atoms with Crippen molar-refractivity contribution in [1.82, 2.24) is 9.88 Å². The molecule has 1 fully saturated rings. The molecule has 1 aliphatic carbocycles. The minimum atomic E-state index is -3.91. The number of sulfonamides is 1. The van der Waals surface area contributed by atoms with Gasteiger partial charge in [0, 0.05) is 16.4 Å². The van der Waals surface area contributed by atoms with Gasteiger partial charge in [-0.3, -0.25) is 14.3 Å². The molecule has 3 N–H and O–H groups in total. The Bertz CT molecular complexity index is 1080. The van der Waals surface area contributed by atoms with Gasteiger partial charge in [-0.15, -0.1) is 11.3 Å². The molecule has 11 heteroatoms. The highest BCUT2D eigenvalue weighted by atomic mass is 35.5.